The summed E-state index contributed by atoms with van der Waals surface area (Å²) in [5, 5.41) is 13.6. The highest BCUT2D eigenvalue weighted by atomic mass is 16.4. The molecule has 0 unspecified atom stereocenters. The Morgan fingerprint density at radius 3 is 2.77 bits per heavy atom. The van der Waals surface area contributed by atoms with Gasteiger partial charge in [0, 0.05) is 42.8 Å². The Morgan fingerprint density at radius 1 is 1.19 bits per heavy atom. The Labute approximate surface area is 182 Å². The summed E-state index contributed by atoms with van der Waals surface area (Å²) in [7, 11) is 0. The first-order valence-electron chi connectivity index (χ1n) is 11.1. The molecule has 2 aromatic rings. The van der Waals surface area contributed by atoms with Crippen molar-refractivity contribution in [3.8, 4) is 11.5 Å². The molecule has 0 aliphatic carbocycles. The van der Waals surface area contributed by atoms with Gasteiger partial charge in [0.1, 0.15) is 0 Å². The van der Waals surface area contributed by atoms with Crippen LogP contribution in [0, 0.1) is 5.92 Å². The van der Waals surface area contributed by atoms with E-state index in [-0.39, 0.29) is 17.9 Å². The van der Waals surface area contributed by atoms with Crippen molar-refractivity contribution in [3.05, 3.63) is 30.7 Å². The van der Waals surface area contributed by atoms with E-state index < -0.39 is 0 Å². The molecule has 3 heterocycles. The maximum absolute atomic E-state index is 12.7. The third kappa shape index (κ3) is 5.22. The lowest BCUT2D eigenvalue weighted by atomic mass is 9.96. The molecule has 166 valence electrons. The lowest BCUT2D eigenvalue weighted by Gasteiger charge is -2.32. The van der Waals surface area contributed by atoms with Gasteiger partial charge >= 0.3 is 6.03 Å². The summed E-state index contributed by atoms with van der Waals surface area (Å²) in [5.74, 6) is 0.499. The predicted molar refractivity (Wildman–Crippen MR) is 116 cm³/mol. The molecular formula is C22H30N6O3. The van der Waals surface area contributed by atoms with E-state index in [1.165, 1.54) is 12.8 Å². The second-order valence-corrected chi connectivity index (χ2v) is 8.19. The van der Waals surface area contributed by atoms with Crippen molar-refractivity contribution in [2.24, 2.45) is 5.92 Å². The molecule has 2 saturated heterocycles. The number of nitrogens with zero attached hydrogens (tertiary/aromatic N) is 4. The fourth-order valence-electron chi connectivity index (χ4n) is 4.48. The number of hydrogen-bond donors (Lipinski definition) is 2. The number of amides is 3. The van der Waals surface area contributed by atoms with Crippen LogP contribution >= 0.6 is 0 Å². The monoisotopic (exact) mass is 426 g/mol. The van der Waals surface area contributed by atoms with Crippen LogP contribution in [-0.2, 0) is 4.79 Å². The van der Waals surface area contributed by atoms with E-state index in [0.29, 0.717) is 43.6 Å². The molecule has 3 amide bonds. The number of urea groups is 1. The molecule has 9 heteroatoms. The van der Waals surface area contributed by atoms with Gasteiger partial charge in [0.2, 0.25) is 18.2 Å². The Hall–Kier alpha value is -2.94. The van der Waals surface area contributed by atoms with Gasteiger partial charge in [-0.05, 0) is 57.0 Å². The average molecular weight is 427 g/mol. The van der Waals surface area contributed by atoms with Crippen molar-refractivity contribution in [2.45, 2.75) is 38.6 Å². The number of benzene rings is 1. The van der Waals surface area contributed by atoms with Gasteiger partial charge in [-0.15, -0.1) is 10.2 Å². The average Bonchev–Trinajstić information content (AvgIpc) is 3.49. The van der Waals surface area contributed by atoms with Crippen LogP contribution in [0.1, 0.15) is 32.6 Å². The third-order valence-corrected chi connectivity index (χ3v) is 6.29. The Bertz CT molecular complexity index is 879. The van der Waals surface area contributed by atoms with Gasteiger partial charge in [-0.3, -0.25) is 9.69 Å². The maximum Gasteiger partial charge on any atom is 0.321 e. The van der Waals surface area contributed by atoms with Gasteiger partial charge in [-0.1, -0.05) is 13.0 Å². The van der Waals surface area contributed by atoms with Gasteiger partial charge < -0.3 is 20.0 Å². The van der Waals surface area contributed by atoms with Crippen LogP contribution in [-0.4, -0.2) is 70.7 Å². The first kappa shape index (κ1) is 21.3. The number of piperidine rings is 1. The van der Waals surface area contributed by atoms with Crippen molar-refractivity contribution in [3.63, 3.8) is 0 Å². The van der Waals surface area contributed by atoms with Gasteiger partial charge in [0.25, 0.3) is 0 Å². The van der Waals surface area contributed by atoms with E-state index in [0.717, 1.165) is 31.6 Å². The van der Waals surface area contributed by atoms with Gasteiger partial charge in [0.15, 0.2) is 0 Å². The van der Waals surface area contributed by atoms with Crippen LogP contribution in [0.4, 0.5) is 10.5 Å². The molecule has 0 bridgehead atoms. The first-order chi connectivity index (χ1) is 15.1. The van der Waals surface area contributed by atoms with Crippen LogP contribution in [0.15, 0.2) is 35.1 Å². The summed E-state index contributed by atoms with van der Waals surface area (Å²) < 4.78 is 5.21. The zero-order valence-corrected chi connectivity index (χ0v) is 17.9. The molecule has 2 N–H and O–H groups in total. The quantitative estimate of drug-likeness (QED) is 0.736. The van der Waals surface area contributed by atoms with Gasteiger partial charge in [-0.25, -0.2) is 4.79 Å². The molecule has 2 aliphatic rings. The molecule has 0 saturated carbocycles. The van der Waals surface area contributed by atoms with Crippen molar-refractivity contribution in [1.29, 1.82) is 0 Å². The molecule has 4 rings (SSSR count). The molecule has 9 nitrogen and oxygen atoms in total. The number of hydrogen-bond acceptors (Lipinski definition) is 6. The summed E-state index contributed by atoms with van der Waals surface area (Å²) in [6.45, 7) is 6.19. The zero-order valence-electron chi connectivity index (χ0n) is 17.9. The SMILES string of the molecule is CCN1CCC[C@@H]1CNC(=O)C1CCN(C(=O)Nc2cccc(-c3nnco3)c2)CC1. The molecule has 1 aromatic heterocycles. The molecule has 1 atom stereocenters. The molecule has 31 heavy (non-hydrogen) atoms. The number of rotatable bonds is 6. The Morgan fingerprint density at radius 2 is 2.03 bits per heavy atom. The Kier molecular flexibility index (Phi) is 6.81. The summed E-state index contributed by atoms with van der Waals surface area (Å²) in [6.07, 6.45) is 5.00. The minimum atomic E-state index is -0.161. The number of carbonyl (C=O) groups excluding carboxylic acids is 2. The number of aromatic nitrogens is 2. The smallest absolute Gasteiger partial charge is 0.321 e. The maximum atomic E-state index is 12.7. The van der Waals surface area contributed by atoms with Gasteiger partial charge in [-0.2, -0.15) is 0 Å². The van der Waals surface area contributed by atoms with Crippen LogP contribution < -0.4 is 10.6 Å². The fraction of sp³-hybridized carbons (Fsp3) is 0.545. The molecule has 0 spiro atoms. The topological polar surface area (TPSA) is 104 Å². The highest BCUT2D eigenvalue weighted by molar-refractivity contribution is 5.90. The highest BCUT2D eigenvalue weighted by Crippen LogP contribution is 2.22. The third-order valence-electron chi connectivity index (χ3n) is 6.29. The summed E-state index contributed by atoms with van der Waals surface area (Å²) in [5.41, 5.74) is 1.41. The van der Waals surface area contributed by atoms with E-state index in [9.17, 15) is 9.59 Å². The summed E-state index contributed by atoms with van der Waals surface area (Å²) >= 11 is 0. The lowest BCUT2D eigenvalue weighted by Crippen LogP contribution is -2.46. The number of carbonyl (C=O) groups is 2. The van der Waals surface area contributed by atoms with Crippen LogP contribution in [0.5, 0.6) is 0 Å². The molecular weight excluding hydrogens is 396 g/mol. The Balaban J connectivity index is 1.23. The lowest BCUT2D eigenvalue weighted by molar-refractivity contribution is -0.126. The molecule has 1 aromatic carbocycles. The van der Waals surface area contributed by atoms with Crippen molar-refractivity contribution in [1.82, 2.24) is 25.3 Å². The largest absolute Gasteiger partial charge is 0.423 e. The fourth-order valence-corrected chi connectivity index (χ4v) is 4.48. The second-order valence-electron chi connectivity index (χ2n) is 8.19. The summed E-state index contributed by atoms with van der Waals surface area (Å²) in [6, 6.07) is 7.59. The highest BCUT2D eigenvalue weighted by Gasteiger charge is 2.29. The van der Waals surface area contributed by atoms with E-state index in [1.54, 1.807) is 11.0 Å². The predicted octanol–water partition coefficient (Wildman–Crippen LogP) is 2.58. The number of likely N-dealkylation sites (N-methyl/N-ethyl adjacent to an activating group) is 1. The number of nitrogens with one attached hydrogen (secondary N) is 2. The number of anilines is 1. The molecule has 2 aliphatic heterocycles. The van der Waals surface area contributed by atoms with Gasteiger partial charge in [0.05, 0.1) is 0 Å². The zero-order chi connectivity index (χ0) is 21.6. The van der Waals surface area contributed by atoms with Crippen molar-refractivity contribution in [2.75, 3.05) is 38.0 Å². The van der Waals surface area contributed by atoms with E-state index in [4.69, 9.17) is 4.42 Å². The summed E-state index contributed by atoms with van der Waals surface area (Å²) in [4.78, 5) is 29.5. The van der Waals surface area contributed by atoms with E-state index >= 15 is 0 Å². The van der Waals surface area contributed by atoms with Crippen molar-refractivity contribution >= 4 is 17.6 Å². The van der Waals surface area contributed by atoms with E-state index in [1.807, 2.05) is 18.2 Å². The molecule has 0 radical (unpaired) electrons. The standard InChI is InChI=1S/C22H30N6O3/c1-2-27-10-4-7-19(27)14-23-20(29)16-8-11-28(12-9-16)22(30)25-18-6-3-5-17(13-18)21-26-24-15-31-21/h3,5-6,13,15-16,19H,2,4,7-12,14H2,1H3,(H,23,29)(H,25,30)/t19-/m1/s1. The normalized spacial score (nSPS) is 20.0. The number of likely N-dealkylation sites (tertiary alicyclic amines) is 2. The minimum absolute atomic E-state index is 0.0265. The van der Waals surface area contributed by atoms with E-state index in [2.05, 4.69) is 32.7 Å². The van der Waals surface area contributed by atoms with Crippen LogP contribution in [0.2, 0.25) is 0 Å². The van der Waals surface area contributed by atoms with Crippen LogP contribution in [0.25, 0.3) is 11.5 Å². The van der Waals surface area contributed by atoms with Crippen molar-refractivity contribution < 1.29 is 14.0 Å². The first-order valence-corrected chi connectivity index (χ1v) is 11.1. The molecule has 2 fully saturated rings. The van der Waals surface area contributed by atoms with Crippen LogP contribution in [0.3, 0.4) is 0 Å². The minimum Gasteiger partial charge on any atom is -0.423 e. The second kappa shape index (κ2) is 9.91.